The van der Waals surface area contributed by atoms with Crippen molar-refractivity contribution >= 4 is 23.4 Å². The van der Waals surface area contributed by atoms with Crippen LogP contribution >= 0.6 is 11.6 Å². The van der Waals surface area contributed by atoms with Crippen molar-refractivity contribution in [1.82, 2.24) is 9.88 Å². The van der Waals surface area contributed by atoms with E-state index in [4.69, 9.17) is 16.3 Å². The molecule has 5 nitrogen and oxygen atoms in total. The Morgan fingerprint density at radius 3 is 2.55 bits per heavy atom. The maximum atomic E-state index is 14.0. The minimum absolute atomic E-state index is 0.112. The average molecular weight is 329 g/mol. The number of rotatable bonds is 7. The number of aromatic nitrogens is 1. The van der Waals surface area contributed by atoms with Crippen molar-refractivity contribution in [2.24, 2.45) is 0 Å². The molecule has 0 N–H and O–H groups in total. The van der Waals surface area contributed by atoms with Crippen LogP contribution in [0.3, 0.4) is 0 Å². The van der Waals surface area contributed by atoms with E-state index in [-0.39, 0.29) is 17.7 Å². The highest BCUT2D eigenvalue weighted by molar-refractivity contribution is 6.31. The first kappa shape index (κ1) is 18.1. The second-order valence-electron chi connectivity index (χ2n) is 4.28. The molecule has 1 aromatic rings. The summed E-state index contributed by atoms with van der Waals surface area (Å²) >= 11 is 5.58. The van der Waals surface area contributed by atoms with Gasteiger partial charge in [0, 0.05) is 25.5 Å². The summed E-state index contributed by atoms with van der Waals surface area (Å²) in [6, 6.07) is 1.18. The number of pyridine rings is 1. The Morgan fingerprint density at radius 1 is 1.36 bits per heavy atom. The summed E-state index contributed by atoms with van der Waals surface area (Å²) in [7, 11) is 0. The van der Waals surface area contributed by atoms with E-state index in [1.54, 1.807) is 11.8 Å². The number of ether oxygens (including phenoxy) is 1. The highest BCUT2D eigenvalue weighted by atomic mass is 35.5. The second-order valence-corrected chi connectivity index (χ2v) is 4.63. The number of Topliss-reactive ketones (excluding diaryl/α,β-unsaturated/α-hetero) is 1. The summed E-state index contributed by atoms with van der Waals surface area (Å²) in [5, 5.41) is -0.420. The molecule has 0 bridgehead atoms. The van der Waals surface area contributed by atoms with Crippen LogP contribution in [0.15, 0.2) is 24.0 Å². The van der Waals surface area contributed by atoms with Crippen molar-refractivity contribution in [3.8, 4) is 0 Å². The maximum absolute atomic E-state index is 14.0. The zero-order valence-electron chi connectivity index (χ0n) is 12.7. The van der Waals surface area contributed by atoms with Gasteiger partial charge in [-0.1, -0.05) is 11.6 Å². The Morgan fingerprint density at radius 2 is 2.00 bits per heavy atom. The van der Waals surface area contributed by atoms with Crippen LogP contribution in [0.25, 0.3) is 0 Å². The molecule has 120 valence electrons. The highest BCUT2D eigenvalue weighted by Crippen LogP contribution is 2.19. The van der Waals surface area contributed by atoms with Crippen LogP contribution in [-0.4, -0.2) is 41.3 Å². The van der Waals surface area contributed by atoms with E-state index in [9.17, 15) is 14.0 Å². The lowest BCUT2D eigenvalue weighted by atomic mass is 10.0. The molecule has 0 atom stereocenters. The first-order valence-electron chi connectivity index (χ1n) is 6.93. The van der Waals surface area contributed by atoms with Gasteiger partial charge in [0.05, 0.1) is 12.2 Å². The lowest BCUT2D eigenvalue weighted by molar-refractivity contribution is -0.138. The van der Waals surface area contributed by atoms with Gasteiger partial charge in [-0.3, -0.25) is 4.79 Å². The van der Waals surface area contributed by atoms with Crippen LogP contribution in [0.4, 0.5) is 4.39 Å². The Balaban J connectivity index is 3.29. The predicted molar refractivity (Wildman–Crippen MR) is 81.2 cm³/mol. The van der Waals surface area contributed by atoms with E-state index >= 15 is 0 Å². The van der Waals surface area contributed by atoms with Crippen molar-refractivity contribution in [2.45, 2.75) is 20.8 Å². The minimum Gasteiger partial charge on any atom is -0.462 e. The van der Waals surface area contributed by atoms with Gasteiger partial charge in [0.2, 0.25) is 5.78 Å². The molecule has 0 saturated carbocycles. The molecular weight excluding hydrogens is 311 g/mol. The number of carbonyl (C=O) groups excluding carboxylic acids is 2. The zero-order valence-corrected chi connectivity index (χ0v) is 13.5. The van der Waals surface area contributed by atoms with Gasteiger partial charge in [0.1, 0.15) is 5.57 Å². The van der Waals surface area contributed by atoms with E-state index in [0.29, 0.717) is 13.1 Å². The van der Waals surface area contributed by atoms with Crippen LogP contribution < -0.4 is 0 Å². The first-order valence-corrected chi connectivity index (χ1v) is 7.31. The van der Waals surface area contributed by atoms with Crippen molar-refractivity contribution in [3.63, 3.8) is 0 Å². The van der Waals surface area contributed by atoms with E-state index in [1.807, 2.05) is 13.8 Å². The molecule has 7 heteroatoms. The Labute approximate surface area is 133 Å². The molecule has 0 radical (unpaired) electrons. The predicted octanol–water partition coefficient (Wildman–Crippen LogP) is 2.85. The smallest absolute Gasteiger partial charge is 0.343 e. The Hall–Kier alpha value is -1.95. The van der Waals surface area contributed by atoms with Crippen LogP contribution in [0, 0.1) is 5.82 Å². The van der Waals surface area contributed by atoms with E-state index in [1.165, 1.54) is 18.5 Å². The second kappa shape index (κ2) is 8.48. The number of carbonyl (C=O) groups is 2. The van der Waals surface area contributed by atoms with E-state index < -0.39 is 22.7 Å². The normalized spacial score (nSPS) is 11.2. The van der Waals surface area contributed by atoms with Crippen molar-refractivity contribution in [2.75, 3.05) is 19.7 Å². The van der Waals surface area contributed by atoms with E-state index in [0.717, 1.165) is 0 Å². The van der Waals surface area contributed by atoms with Gasteiger partial charge >= 0.3 is 5.97 Å². The van der Waals surface area contributed by atoms with Gasteiger partial charge in [0.15, 0.2) is 11.0 Å². The quantitative estimate of drug-likeness (QED) is 0.192. The minimum atomic E-state index is -0.955. The number of halogens is 2. The summed E-state index contributed by atoms with van der Waals surface area (Å²) in [6.07, 6.45) is 2.59. The Bertz CT molecular complexity index is 586. The molecule has 0 aliphatic heterocycles. The van der Waals surface area contributed by atoms with Crippen LogP contribution in [0.1, 0.15) is 31.1 Å². The molecule has 0 aromatic carbocycles. The summed E-state index contributed by atoms with van der Waals surface area (Å²) in [5.74, 6) is -2.54. The van der Waals surface area contributed by atoms with Crippen LogP contribution in [0.2, 0.25) is 5.15 Å². The first-order chi connectivity index (χ1) is 10.5. The number of hydrogen-bond acceptors (Lipinski definition) is 5. The lowest BCUT2D eigenvalue weighted by Crippen LogP contribution is -2.23. The van der Waals surface area contributed by atoms with Crippen molar-refractivity contribution in [1.29, 1.82) is 0 Å². The van der Waals surface area contributed by atoms with Crippen LogP contribution in [0.5, 0.6) is 0 Å². The fourth-order valence-corrected chi connectivity index (χ4v) is 1.90. The maximum Gasteiger partial charge on any atom is 0.343 e. The molecule has 22 heavy (non-hydrogen) atoms. The van der Waals surface area contributed by atoms with E-state index in [2.05, 4.69) is 4.98 Å². The molecule has 1 rings (SSSR count). The lowest BCUT2D eigenvalue weighted by Gasteiger charge is -2.17. The van der Waals surface area contributed by atoms with Gasteiger partial charge in [-0.05, 0) is 26.8 Å². The van der Waals surface area contributed by atoms with Gasteiger partial charge in [0.25, 0.3) is 0 Å². The van der Waals surface area contributed by atoms with Gasteiger partial charge in [-0.25, -0.2) is 14.2 Å². The number of hydrogen-bond donors (Lipinski definition) is 0. The third-order valence-electron chi connectivity index (χ3n) is 2.96. The SMILES string of the molecule is CCOC(=O)C(=CN(CC)CC)C(=O)c1ccnc(Cl)c1F. The summed E-state index contributed by atoms with van der Waals surface area (Å²) in [5.41, 5.74) is -0.557. The van der Waals surface area contributed by atoms with Crippen molar-refractivity contribution < 1.29 is 18.7 Å². The largest absolute Gasteiger partial charge is 0.462 e. The summed E-state index contributed by atoms with van der Waals surface area (Å²) in [4.78, 5) is 29.8. The fourth-order valence-electron chi connectivity index (χ4n) is 1.74. The molecule has 0 spiro atoms. The number of ketones is 1. The molecule has 0 saturated heterocycles. The molecule has 0 aliphatic carbocycles. The monoisotopic (exact) mass is 328 g/mol. The molecular formula is C15H18ClFN2O3. The molecule has 0 aliphatic rings. The van der Waals surface area contributed by atoms with Crippen molar-refractivity contribution in [3.05, 3.63) is 40.6 Å². The van der Waals surface area contributed by atoms with Crippen LogP contribution in [-0.2, 0) is 9.53 Å². The molecule has 0 fully saturated rings. The van der Waals surface area contributed by atoms with Gasteiger partial charge in [-0.2, -0.15) is 0 Å². The topological polar surface area (TPSA) is 59.5 Å². The molecule has 0 amide bonds. The van der Waals surface area contributed by atoms with Gasteiger partial charge in [-0.15, -0.1) is 0 Å². The number of nitrogens with zero attached hydrogens (tertiary/aromatic N) is 2. The molecule has 0 unspecified atom stereocenters. The average Bonchev–Trinajstić information content (AvgIpc) is 2.51. The molecule has 1 heterocycles. The van der Waals surface area contributed by atoms with Gasteiger partial charge < -0.3 is 9.64 Å². The fraction of sp³-hybridized carbons (Fsp3) is 0.400. The third-order valence-corrected chi connectivity index (χ3v) is 3.22. The number of esters is 1. The standard InChI is InChI=1S/C15H18ClFN2O3/c1-4-19(5-2)9-11(15(21)22-6-3)13(20)10-7-8-18-14(16)12(10)17/h7-9H,4-6H2,1-3H3. The Kier molecular flexibility index (Phi) is 6.98. The highest BCUT2D eigenvalue weighted by Gasteiger charge is 2.25. The zero-order chi connectivity index (χ0) is 16.7. The summed E-state index contributed by atoms with van der Waals surface area (Å²) in [6.45, 7) is 6.66. The molecule has 1 aromatic heterocycles. The third kappa shape index (κ3) is 4.27. The summed E-state index contributed by atoms with van der Waals surface area (Å²) < 4.78 is 18.8.